The third kappa shape index (κ3) is 6.12. The zero-order chi connectivity index (χ0) is 24.8. The molecule has 0 radical (unpaired) electrons. The molecule has 0 saturated heterocycles. The van der Waals surface area contributed by atoms with Crippen LogP contribution >= 0.6 is 23.4 Å². The minimum absolute atomic E-state index is 0.0772. The van der Waals surface area contributed by atoms with Gasteiger partial charge in [-0.25, -0.2) is 4.39 Å². The van der Waals surface area contributed by atoms with Gasteiger partial charge in [0.25, 0.3) is 0 Å². The van der Waals surface area contributed by atoms with Gasteiger partial charge >= 0.3 is 0 Å². The SMILES string of the molecule is COc1ccc(Cl)cc1NC(=O)CSc1nnc(C(C)Oc2ccc(F)cc2)n1-c1ccccc1. The number of benzene rings is 3. The molecule has 1 amide bonds. The molecule has 3 aromatic carbocycles. The van der Waals surface area contributed by atoms with Crippen LogP contribution in [0.1, 0.15) is 18.9 Å². The number of anilines is 1. The highest BCUT2D eigenvalue weighted by molar-refractivity contribution is 7.99. The maximum Gasteiger partial charge on any atom is 0.234 e. The predicted molar refractivity (Wildman–Crippen MR) is 134 cm³/mol. The van der Waals surface area contributed by atoms with Crippen molar-refractivity contribution in [3.05, 3.63) is 89.5 Å². The van der Waals surface area contributed by atoms with Gasteiger partial charge in [-0.15, -0.1) is 10.2 Å². The number of ether oxygens (including phenoxy) is 2. The lowest BCUT2D eigenvalue weighted by Crippen LogP contribution is -2.16. The number of para-hydroxylation sites is 1. The Bertz CT molecular complexity index is 1300. The summed E-state index contributed by atoms with van der Waals surface area (Å²) in [5, 5.41) is 12.5. The Morgan fingerprint density at radius 3 is 2.57 bits per heavy atom. The maximum atomic E-state index is 13.3. The fourth-order valence-corrected chi connectivity index (χ4v) is 4.25. The molecule has 180 valence electrons. The Labute approximate surface area is 211 Å². The third-order valence-corrected chi connectivity index (χ3v) is 6.09. The van der Waals surface area contributed by atoms with E-state index in [1.807, 2.05) is 41.8 Å². The van der Waals surface area contributed by atoms with Crippen LogP contribution in [0.25, 0.3) is 5.69 Å². The second-order valence-corrected chi connectivity index (χ2v) is 8.79. The molecule has 0 saturated carbocycles. The number of halogens is 2. The summed E-state index contributed by atoms with van der Waals surface area (Å²) in [6.07, 6.45) is -0.493. The van der Waals surface area contributed by atoms with Crippen LogP contribution in [0.4, 0.5) is 10.1 Å². The lowest BCUT2D eigenvalue weighted by molar-refractivity contribution is -0.113. The summed E-state index contributed by atoms with van der Waals surface area (Å²) in [4.78, 5) is 12.7. The van der Waals surface area contributed by atoms with Crippen molar-refractivity contribution < 1.29 is 18.7 Å². The molecular formula is C25H22ClFN4O3S. The molecular weight excluding hydrogens is 491 g/mol. The van der Waals surface area contributed by atoms with Crippen LogP contribution < -0.4 is 14.8 Å². The van der Waals surface area contributed by atoms with Crippen LogP contribution in [0.5, 0.6) is 11.5 Å². The highest BCUT2D eigenvalue weighted by Crippen LogP contribution is 2.30. The summed E-state index contributed by atoms with van der Waals surface area (Å²) < 4.78 is 26.3. The standard InChI is InChI=1S/C25H22ClFN4O3S/c1-16(34-20-11-9-18(27)10-12-20)24-29-30-25(31(24)19-6-4-3-5-7-19)35-15-23(32)28-21-14-17(26)8-13-22(21)33-2/h3-14,16H,15H2,1-2H3,(H,28,32). The van der Waals surface area contributed by atoms with Gasteiger partial charge in [0.15, 0.2) is 17.1 Å². The molecule has 35 heavy (non-hydrogen) atoms. The van der Waals surface area contributed by atoms with E-state index in [0.29, 0.717) is 33.2 Å². The molecule has 0 fully saturated rings. The number of methoxy groups -OCH3 is 1. The average Bonchev–Trinajstić information content (AvgIpc) is 3.29. The summed E-state index contributed by atoms with van der Waals surface area (Å²) in [6, 6.07) is 20.3. The molecule has 0 aliphatic heterocycles. The van der Waals surface area contributed by atoms with Gasteiger partial charge in [-0.3, -0.25) is 9.36 Å². The zero-order valence-corrected chi connectivity index (χ0v) is 20.5. The smallest absolute Gasteiger partial charge is 0.234 e. The van der Waals surface area contributed by atoms with E-state index in [-0.39, 0.29) is 17.5 Å². The quantitative estimate of drug-likeness (QED) is 0.280. The molecule has 1 aromatic heterocycles. The molecule has 10 heteroatoms. The first-order valence-corrected chi connectivity index (χ1v) is 12.0. The number of rotatable bonds is 9. The number of nitrogens with zero attached hydrogens (tertiary/aromatic N) is 3. The predicted octanol–water partition coefficient (Wildman–Crippen LogP) is 5.94. The van der Waals surface area contributed by atoms with Gasteiger partial charge < -0.3 is 14.8 Å². The Balaban J connectivity index is 1.54. The molecule has 1 N–H and O–H groups in total. The number of carbonyl (C=O) groups excluding carboxylic acids is 1. The van der Waals surface area contributed by atoms with E-state index in [0.717, 1.165) is 5.69 Å². The number of carbonyl (C=O) groups is 1. The molecule has 1 unspecified atom stereocenters. The highest BCUT2D eigenvalue weighted by atomic mass is 35.5. The van der Waals surface area contributed by atoms with Crippen molar-refractivity contribution in [1.82, 2.24) is 14.8 Å². The van der Waals surface area contributed by atoms with Crippen LogP contribution in [0.15, 0.2) is 78.0 Å². The maximum absolute atomic E-state index is 13.3. The van der Waals surface area contributed by atoms with E-state index < -0.39 is 6.10 Å². The minimum atomic E-state index is -0.493. The van der Waals surface area contributed by atoms with E-state index in [4.69, 9.17) is 21.1 Å². The van der Waals surface area contributed by atoms with Crippen molar-refractivity contribution in [1.29, 1.82) is 0 Å². The molecule has 0 spiro atoms. The van der Waals surface area contributed by atoms with E-state index in [2.05, 4.69) is 15.5 Å². The van der Waals surface area contributed by atoms with Crippen LogP contribution in [0, 0.1) is 5.82 Å². The van der Waals surface area contributed by atoms with Crippen LogP contribution in [-0.2, 0) is 4.79 Å². The fourth-order valence-electron chi connectivity index (χ4n) is 3.32. The van der Waals surface area contributed by atoms with Crippen molar-refractivity contribution in [3.8, 4) is 17.2 Å². The lowest BCUT2D eigenvalue weighted by Gasteiger charge is -2.16. The summed E-state index contributed by atoms with van der Waals surface area (Å²) >= 11 is 7.28. The van der Waals surface area contributed by atoms with Gasteiger partial charge in [-0.2, -0.15) is 0 Å². The van der Waals surface area contributed by atoms with Crippen LogP contribution in [-0.4, -0.2) is 33.5 Å². The Hall–Kier alpha value is -3.56. The second-order valence-electron chi connectivity index (χ2n) is 7.41. The number of aromatic nitrogens is 3. The summed E-state index contributed by atoms with van der Waals surface area (Å²) in [5.74, 6) is 1.04. The molecule has 0 aliphatic rings. The fraction of sp³-hybridized carbons (Fsp3) is 0.160. The molecule has 4 rings (SSSR count). The van der Waals surface area contributed by atoms with Crippen LogP contribution in [0.3, 0.4) is 0 Å². The monoisotopic (exact) mass is 512 g/mol. The first kappa shape index (κ1) is 24.6. The molecule has 0 bridgehead atoms. The molecule has 7 nitrogen and oxygen atoms in total. The van der Waals surface area contributed by atoms with Gasteiger partial charge in [-0.1, -0.05) is 41.6 Å². The van der Waals surface area contributed by atoms with Crippen molar-refractivity contribution in [2.24, 2.45) is 0 Å². The van der Waals surface area contributed by atoms with Gasteiger partial charge in [0.1, 0.15) is 17.3 Å². The number of hydrogen-bond acceptors (Lipinski definition) is 6. The largest absolute Gasteiger partial charge is 0.495 e. The second kappa shape index (κ2) is 11.2. The topological polar surface area (TPSA) is 78.3 Å². The molecule has 4 aromatic rings. The van der Waals surface area contributed by atoms with E-state index in [9.17, 15) is 9.18 Å². The van der Waals surface area contributed by atoms with Crippen molar-refractivity contribution >= 4 is 35.0 Å². The van der Waals surface area contributed by atoms with Gasteiger partial charge in [0, 0.05) is 10.7 Å². The van der Waals surface area contributed by atoms with E-state index >= 15 is 0 Å². The summed E-state index contributed by atoms with van der Waals surface area (Å²) in [5.41, 5.74) is 1.30. The van der Waals surface area contributed by atoms with Crippen molar-refractivity contribution in [2.75, 3.05) is 18.2 Å². The van der Waals surface area contributed by atoms with E-state index in [1.54, 1.807) is 30.3 Å². The van der Waals surface area contributed by atoms with Gasteiger partial charge in [0.05, 0.1) is 18.6 Å². The third-order valence-electron chi connectivity index (χ3n) is 4.93. The molecule has 1 atom stereocenters. The number of thioether (sulfide) groups is 1. The highest BCUT2D eigenvalue weighted by Gasteiger charge is 2.22. The summed E-state index contributed by atoms with van der Waals surface area (Å²) in [7, 11) is 1.52. The van der Waals surface area contributed by atoms with E-state index in [1.165, 1.54) is 31.0 Å². The lowest BCUT2D eigenvalue weighted by atomic mass is 10.3. The average molecular weight is 513 g/mol. The van der Waals surface area contributed by atoms with Crippen LogP contribution in [0.2, 0.25) is 5.02 Å². The Morgan fingerprint density at radius 1 is 1.11 bits per heavy atom. The normalized spacial score (nSPS) is 11.7. The van der Waals surface area contributed by atoms with Gasteiger partial charge in [0.2, 0.25) is 5.91 Å². The Kier molecular flexibility index (Phi) is 7.89. The number of nitrogens with one attached hydrogen (secondary N) is 1. The molecule has 1 heterocycles. The Morgan fingerprint density at radius 2 is 1.86 bits per heavy atom. The molecule has 0 aliphatic carbocycles. The van der Waals surface area contributed by atoms with Gasteiger partial charge in [-0.05, 0) is 61.5 Å². The number of amides is 1. The number of hydrogen-bond donors (Lipinski definition) is 1. The zero-order valence-electron chi connectivity index (χ0n) is 18.9. The van der Waals surface area contributed by atoms with Crippen molar-refractivity contribution in [3.63, 3.8) is 0 Å². The first-order chi connectivity index (χ1) is 16.9. The first-order valence-electron chi connectivity index (χ1n) is 10.6. The summed E-state index contributed by atoms with van der Waals surface area (Å²) in [6.45, 7) is 1.83. The minimum Gasteiger partial charge on any atom is -0.495 e. The van der Waals surface area contributed by atoms with Crippen molar-refractivity contribution in [2.45, 2.75) is 18.2 Å².